The zero-order valence-corrected chi connectivity index (χ0v) is 14.3. The minimum atomic E-state index is -1.29. The molecular weight excluding hydrogens is 319 g/mol. The van der Waals surface area contributed by atoms with Gasteiger partial charge in [-0.15, -0.1) is 0 Å². The number of aliphatic hydroxyl groups is 1. The van der Waals surface area contributed by atoms with Crippen LogP contribution in [0, 0.1) is 11.7 Å². The second kappa shape index (κ2) is 7.11. The van der Waals surface area contributed by atoms with Gasteiger partial charge in [0.1, 0.15) is 22.9 Å². The number of benzene rings is 2. The molecule has 0 aliphatic heterocycles. The average Bonchev–Trinajstić information content (AvgIpc) is 2.68. The van der Waals surface area contributed by atoms with Gasteiger partial charge in [-0.25, -0.2) is 4.39 Å². The van der Waals surface area contributed by atoms with E-state index in [1.54, 1.807) is 26.4 Å². The lowest BCUT2D eigenvalue weighted by Gasteiger charge is -2.36. The summed E-state index contributed by atoms with van der Waals surface area (Å²) < 4.78 is 23.8. The van der Waals surface area contributed by atoms with Gasteiger partial charge in [-0.3, -0.25) is 0 Å². The van der Waals surface area contributed by atoms with Gasteiger partial charge in [0.2, 0.25) is 0 Å². The van der Waals surface area contributed by atoms with Gasteiger partial charge in [0.15, 0.2) is 0 Å². The van der Waals surface area contributed by atoms with Gasteiger partial charge in [-0.1, -0.05) is 30.3 Å². The van der Waals surface area contributed by atoms with Crippen molar-refractivity contribution in [2.24, 2.45) is 5.92 Å². The lowest BCUT2D eigenvalue weighted by Crippen LogP contribution is -2.36. The second-order valence-electron chi connectivity index (χ2n) is 6.01. The molecule has 0 spiro atoms. The Morgan fingerprint density at radius 3 is 2.04 bits per heavy atom. The lowest BCUT2D eigenvalue weighted by atomic mass is 9.73. The molecule has 2 aromatic rings. The van der Waals surface area contributed by atoms with Crippen molar-refractivity contribution in [3.8, 4) is 5.75 Å². The minimum Gasteiger partial charge on any atom is -0.497 e. The van der Waals surface area contributed by atoms with Crippen LogP contribution in [0.1, 0.15) is 17.5 Å². The first-order valence-electron chi connectivity index (χ1n) is 8.13. The molecular formula is C21H21FO3. The Kier molecular flexibility index (Phi) is 4.91. The largest absolute Gasteiger partial charge is 0.497 e. The predicted octanol–water partition coefficient (Wildman–Crippen LogP) is 4.18. The quantitative estimate of drug-likeness (QED) is 0.887. The molecule has 0 saturated heterocycles. The molecule has 4 heteroatoms. The van der Waals surface area contributed by atoms with Gasteiger partial charge < -0.3 is 14.6 Å². The Balaban J connectivity index is 2.06. The third kappa shape index (κ3) is 3.30. The van der Waals surface area contributed by atoms with Crippen molar-refractivity contribution < 1.29 is 19.0 Å². The molecule has 0 heterocycles. The van der Waals surface area contributed by atoms with Crippen molar-refractivity contribution in [2.45, 2.75) is 12.0 Å². The Morgan fingerprint density at radius 2 is 1.56 bits per heavy atom. The van der Waals surface area contributed by atoms with E-state index in [9.17, 15) is 9.50 Å². The van der Waals surface area contributed by atoms with Gasteiger partial charge in [0.05, 0.1) is 14.2 Å². The normalized spacial score (nSPS) is 19.0. The SMILES string of the molecule is COC1=CCC([C@@](O)(c2ccc(F)cc2)c2ccc(OC)cc2)C=C1. The summed E-state index contributed by atoms with van der Waals surface area (Å²) in [5, 5.41) is 11.7. The van der Waals surface area contributed by atoms with Crippen LogP contribution in [0.5, 0.6) is 5.75 Å². The summed E-state index contributed by atoms with van der Waals surface area (Å²) in [6.45, 7) is 0. The number of allylic oxidation sites excluding steroid dienone is 2. The highest BCUT2D eigenvalue weighted by atomic mass is 19.1. The molecule has 0 aromatic heterocycles. The second-order valence-corrected chi connectivity index (χ2v) is 6.01. The molecule has 0 saturated carbocycles. The first-order valence-corrected chi connectivity index (χ1v) is 8.13. The van der Waals surface area contributed by atoms with Crippen molar-refractivity contribution in [1.29, 1.82) is 0 Å². The van der Waals surface area contributed by atoms with Crippen molar-refractivity contribution >= 4 is 0 Å². The van der Waals surface area contributed by atoms with Crippen LogP contribution in [-0.4, -0.2) is 19.3 Å². The van der Waals surface area contributed by atoms with Gasteiger partial charge in [-0.2, -0.15) is 0 Å². The van der Waals surface area contributed by atoms with E-state index in [2.05, 4.69) is 0 Å². The molecule has 1 aliphatic rings. The zero-order valence-electron chi connectivity index (χ0n) is 14.3. The molecule has 0 fully saturated rings. The van der Waals surface area contributed by atoms with E-state index < -0.39 is 5.60 Å². The van der Waals surface area contributed by atoms with Crippen LogP contribution in [0.4, 0.5) is 4.39 Å². The van der Waals surface area contributed by atoms with E-state index in [0.29, 0.717) is 17.7 Å². The number of hydrogen-bond donors (Lipinski definition) is 1. The van der Waals surface area contributed by atoms with Crippen LogP contribution in [-0.2, 0) is 10.3 Å². The molecule has 3 rings (SSSR count). The molecule has 25 heavy (non-hydrogen) atoms. The summed E-state index contributed by atoms with van der Waals surface area (Å²) in [5.74, 6) is 0.949. The van der Waals surface area contributed by atoms with Crippen LogP contribution in [0.2, 0.25) is 0 Å². The maximum atomic E-state index is 13.4. The molecule has 2 atom stereocenters. The molecule has 3 nitrogen and oxygen atoms in total. The minimum absolute atomic E-state index is 0.203. The third-order valence-corrected chi connectivity index (χ3v) is 4.65. The Hall–Kier alpha value is -2.59. The Labute approximate surface area is 147 Å². The van der Waals surface area contributed by atoms with E-state index in [4.69, 9.17) is 9.47 Å². The summed E-state index contributed by atoms with van der Waals surface area (Å²) >= 11 is 0. The van der Waals surface area contributed by atoms with Crippen LogP contribution in [0.15, 0.2) is 72.5 Å². The predicted molar refractivity (Wildman–Crippen MR) is 94.7 cm³/mol. The van der Waals surface area contributed by atoms with Gasteiger partial charge >= 0.3 is 0 Å². The van der Waals surface area contributed by atoms with Gasteiger partial charge in [0.25, 0.3) is 0 Å². The Morgan fingerprint density at radius 1 is 0.960 bits per heavy atom. The van der Waals surface area contributed by atoms with Gasteiger partial charge in [0, 0.05) is 5.92 Å². The fourth-order valence-electron chi connectivity index (χ4n) is 3.21. The molecule has 1 N–H and O–H groups in total. The van der Waals surface area contributed by atoms with E-state index in [1.807, 2.05) is 42.5 Å². The van der Waals surface area contributed by atoms with E-state index >= 15 is 0 Å². The summed E-state index contributed by atoms with van der Waals surface area (Å²) in [5.41, 5.74) is 0.0819. The van der Waals surface area contributed by atoms with Crippen LogP contribution in [0.3, 0.4) is 0 Å². The number of hydrogen-bond acceptors (Lipinski definition) is 3. The van der Waals surface area contributed by atoms with E-state index in [1.165, 1.54) is 12.1 Å². The third-order valence-electron chi connectivity index (χ3n) is 4.65. The zero-order chi connectivity index (χ0) is 17.9. The van der Waals surface area contributed by atoms with Crippen molar-refractivity contribution in [3.05, 3.63) is 89.5 Å². The molecule has 130 valence electrons. The number of ether oxygens (including phenoxy) is 2. The standard InChI is InChI=1S/C21H21FO3/c1-24-19-11-5-16(6-12-19)21(23,15-3-9-18(22)10-4-15)17-7-13-20(25-2)14-8-17/h3-7,9-14,17,23H,8H2,1-2H3/t17?,21-/m1/s1. The van der Waals surface area contributed by atoms with Crippen molar-refractivity contribution in [1.82, 2.24) is 0 Å². The summed E-state index contributed by atoms with van der Waals surface area (Å²) in [6.07, 6.45) is 6.35. The summed E-state index contributed by atoms with van der Waals surface area (Å²) in [4.78, 5) is 0. The highest BCUT2D eigenvalue weighted by Gasteiger charge is 2.39. The fourth-order valence-corrected chi connectivity index (χ4v) is 3.21. The lowest BCUT2D eigenvalue weighted by molar-refractivity contribution is 0.0360. The Bertz CT molecular complexity index is 778. The topological polar surface area (TPSA) is 38.7 Å². The van der Waals surface area contributed by atoms with Crippen LogP contribution in [0.25, 0.3) is 0 Å². The summed E-state index contributed by atoms with van der Waals surface area (Å²) in [6, 6.07) is 13.3. The molecule has 1 aliphatic carbocycles. The molecule has 2 aromatic carbocycles. The van der Waals surface area contributed by atoms with Crippen molar-refractivity contribution in [2.75, 3.05) is 14.2 Å². The smallest absolute Gasteiger partial charge is 0.123 e. The first-order chi connectivity index (χ1) is 12.1. The van der Waals surface area contributed by atoms with Crippen LogP contribution < -0.4 is 4.74 Å². The monoisotopic (exact) mass is 340 g/mol. The van der Waals surface area contributed by atoms with E-state index in [0.717, 1.165) is 11.3 Å². The maximum Gasteiger partial charge on any atom is 0.123 e. The first kappa shape index (κ1) is 17.2. The maximum absolute atomic E-state index is 13.4. The van der Waals surface area contributed by atoms with Crippen LogP contribution >= 0.6 is 0 Å². The molecule has 0 radical (unpaired) electrons. The number of methoxy groups -OCH3 is 2. The highest BCUT2D eigenvalue weighted by molar-refractivity contribution is 5.42. The molecule has 1 unspecified atom stereocenters. The van der Waals surface area contributed by atoms with E-state index in [-0.39, 0.29) is 11.7 Å². The van der Waals surface area contributed by atoms with Gasteiger partial charge in [-0.05, 0) is 54.0 Å². The molecule has 0 amide bonds. The number of rotatable bonds is 5. The number of halogens is 1. The average molecular weight is 340 g/mol. The fraction of sp³-hybridized carbons (Fsp3) is 0.238. The summed E-state index contributed by atoms with van der Waals surface area (Å²) in [7, 11) is 3.22. The highest BCUT2D eigenvalue weighted by Crippen LogP contribution is 2.41. The molecule has 0 bridgehead atoms. The van der Waals surface area contributed by atoms with Crippen molar-refractivity contribution in [3.63, 3.8) is 0 Å².